The van der Waals surface area contributed by atoms with Gasteiger partial charge in [0.1, 0.15) is 0 Å². The van der Waals surface area contributed by atoms with Gasteiger partial charge in [-0.2, -0.15) is 0 Å². The predicted molar refractivity (Wildman–Crippen MR) is 79.4 cm³/mol. The molecule has 0 amide bonds. The van der Waals surface area contributed by atoms with Gasteiger partial charge in [-0.05, 0) is 6.07 Å². The van der Waals surface area contributed by atoms with Crippen LogP contribution in [0.15, 0.2) is 30.7 Å². The van der Waals surface area contributed by atoms with E-state index >= 15 is 0 Å². The Kier molecular flexibility index (Phi) is 4.27. The highest BCUT2D eigenvalue weighted by Crippen LogP contribution is 2.24. The second kappa shape index (κ2) is 6.12. The van der Waals surface area contributed by atoms with Gasteiger partial charge in [0.05, 0.1) is 4.92 Å². The van der Waals surface area contributed by atoms with Gasteiger partial charge in [0, 0.05) is 57.9 Å². The van der Waals surface area contributed by atoms with Gasteiger partial charge in [0.25, 0.3) is 0 Å². The summed E-state index contributed by atoms with van der Waals surface area (Å²) in [5, 5.41) is 11.0. The monoisotopic (exact) mass is 288 g/mol. The Labute approximate surface area is 122 Å². The van der Waals surface area contributed by atoms with E-state index in [2.05, 4.69) is 15.0 Å². The molecule has 2 heterocycles. The third kappa shape index (κ3) is 3.41. The summed E-state index contributed by atoms with van der Waals surface area (Å²) in [7, 11) is 5.46. The molecule has 0 unspecified atom stereocenters. The zero-order valence-corrected chi connectivity index (χ0v) is 12.1. The molecule has 0 saturated carbocycles. The Hall–Kier alpha value is -2.77. The number of rotatable bonds is 5. The molecular formula is C13H16N6O2. The van der Waals surface area contributed by atoms with Gasteiger partial charge in [-0.15, -0.1) is 0 Å². The molecular weight excluding hydrogens is 272 g/mol. The maximum atomic E-state index is 11.0. The summed E-state index contributed by atoms with van der Waals surface area (Å²) < 4.78 is 0. The Balaban J connectivity index is 2.18. The third-order valence-corrected chi connectivity index (χ3v) is 2.84. The van der Waals surface area contributed by atoms with Crippen LogP contribution in [0, 0.1) is 10.1 Å². The van der Waals surface area contributed by atoms with Gasteiger partial charge < -0.3 is 9.80 Å². The summed E-state index contributed by atoms with van der Waals surface area (Å²) in [6, 6.07) is 2.98. The molecule has 0 saturated heterocycles. The minimum Gasteiger partial charge on any atom is -0.350 e. The summed E-state index contributed by atoms with van der Waals surface area (Å²) in [5.41, 5.74) is 0.828. The molecule has 0 aliphatic heterocycles. The maximum absolute atomic E-state index is 11.0. The molecule has 110 valence electrons. The van der Waals surface area contributed by atoms with Crippen molar-refractivity contribution in [1.82, 2.24) is 15.0 Å². The second-order valence-corrected chi connectivity index (χ2v) is 4.75. The van der Waals surface area contributed by atoms with Crippen molar-refractivity contribution in [3.05, 3.63) is 46.4 Å². The zero-order valence-electron chi connectivity index (χ0n) is 12.1. The zero-order chi connectivity index (χ0) is 15.4. The smallest absolute Gasteiger partial charge is 0.311 e. The molecule has 2 rings (SSSR count). The van der Waals surface area contributed by atoms with E-state index in [0.29, 0.717) is 18.3 Å². The normalized spacial score (nSPS) is 10.2. The number of hydrogen-bond donors (Lipinski definition) is 0. The first-order valence-electron chi connectivity index (χ1n) is 6.28. The molecule has 21 heavy (non-hydrogen) atoms. The first-order valence-corrected chi connectivity index (χ1v) is 6.28. The lowest BCUT2D eigenvalue weighted by Gasteiger charge is -2.18. The third-order valence-electron chi connectivity index (χ3n) is 2.84. The lowest BCUT2D eigenvalue weighted by Crippen LogP contribution is -2.20. The van der Waals surface area contributed by atoms with E-state index in [4.69, 9.17) is 0 Å². The molecule has 0 atom stereocenters. The topological polar surface area (TPSA) is 88.3 Å². The van der Waals surface area contributed by atoms with Gasteiger partial charge in [-0.3, -0.25) is 10.1 Å². The van der Waals surface area contributed by atoms with E-state index in [1.807, 2.05) is 14.1 Å². The standard InChI is InChI=1S/C13H16N6O2/c1-17(2)13-15-7-10(8-16-13)9-18(3)12-11(19(20)21)5-4-6-14-12/h4-8H,9H2,1-3H3. The number of nitrogens with zero attached hydrogens (tertiary/aromatic N) is 6. The predicted octanol–water partition coefficient (Wildman–Crippen LogP) is 1.48. The summed E-state index contributed by atoms with van der Waals surface area (Å²) in [4.78, 5) is 26.6. The van der Waals surface area contributed by atoms with Gasteiger partial charge in [0.2, 0.25) is 11.8 Å². The molecule has 0 aromatic carbocycles. The van der Waals surface area contributed by atoms with Crippen LogP contribution in [0.3, 0.4) is 0 Å². The molecule has 0 fully saturated rings. The fourth-order valence-corrected chi connectivity index (χ4v) is 1.83. The molecule has 0 radical (unpaired) electrons. The van der Waals surface area contributed by atoms with Crippen LogP contribution in [0.1, 0.15) is 5.56 Å². The van der Waals surface area contributed by atoms with E-state index in [1.54, 1.807) is 35.3 Å². The number of pyridine rings is 1. The minimum absolute atomic E-state index is 0.0224. The van der Waals surface area contributed by atoms with Crippen LogP contribution >= 0.6 is 0 Å². The van der Waals surface area contributed by atoms with Crippen LogP contribution < -0.4 is 9.80 Å². The molecule has 8 heteroatoms. The Morgan fingerprint density at radius 1 is 1.19 bits per heavy atom. The summed E-state index contributed by atoms with van der Waals surface area (Å²) >= 11 is 0. The Morgan fingerprint density at radius 3 is 2.43 bits per heavy atom. The fraction of sp³-hybridized carbons (Fsp3) is 0.308. The van der Waals surface area contributed by atoms with Crippen molar-refractivity contribution in [2.24, 2.45) is 0 Å². The summed E-state index contributed by atoms with van der Waals surface area (Å²) in [5.74, 6) is 0.935. The minimum atomic E-state index is -0.440. The first-order chi connectivity index (χ1) is 9.99. The van der Waals surface area contributed by atoms with Gasteiger partial charge in [-0.1, -0.05) is 0 Å². The SMILES string of the molecule is CN(C)c1ncc(CN(C)c2ncccc2[N+](=O)[O-])cn1. The fourth-order valence-electron chi connectivity index (χ4n) is 1.83. The lowest BCUT2D eigenvalue weighted by molar-refractivity contribution is -0.384. The molecule has 2 aromatic rings. The molecule has 0 spiro atoms. The highest BCUT2D eigenvalue weighted by molar-refractivity contribution is 5.56. The molecule has 8 nitrogen and oxygen atoms in total. The van der Waals surface area contributed by atoms with Crippen molar-refractivity contribution in [3.8, 4) is 0 Å². The van der Waals surface area contributed by atoms with E-state index in [9.17, 15) is 10.1 Å². The first kappa shape index (κ1) is 14.6. The average molecular weight is 288 g/mol. The second-order valence-electron chi connectivity index (χ2n) is 4.75. The highest BCUT2D eigenvalue weighted by Gasteiger charge is 2.18. The quantitative estimate of drug-likeness (QED) is 0.608. The Morgan fingerprint density at radius 2 is 1.86 bits per heavy atom. The summed E-state index contributed by atoms with van der Waals surface area (Å²) in [6.45, 7) is 0.436. The van der Waals surface area contributed by atoms with Crippen molar-refractivity contribution in [3.63, 3.8) is 0 Å². The molecule has 0 aliphatic carbocycles. The van der Waals surface area contributed by atoms with E-state index < -0.39 is 4.92 Å². The van der Waals surface area contributed by atoms with Crippen molar-refractivity contribution < 1.29 is 4.92 Å². The van der Waals surface area contributed by atoms with Gasteiger partial charge in [0.15, 0.2) is 0 Å². The maximum Gasteiger partial charge on any atom is 0.311 e. The van der Waals surface area contributed by atoms with E-state index in [-0.39, 0.29) is 5.69 Å². The summed E-state index contributed by atoms with van der Waals surface area (Å²) in [6.07, 6.45) is 4.94. The van der Waals surface area contributed by atoms with Crippen LogP contribution in [0.25, 0.3) is 0 Å². The van der Waals surface area contributed by atoms with Crippen molar-refractivity contribution in [1.29, 1.82) is 0 Å². The number of hydrogen-bond acceptors (Lipinski definition) is 7. The van der Waals surface area contributed by atoms with Crippen molar-refractivity contribution in [2.75, 3.05) is 30.9 Å². The molecule has 0 bridgehead atoms. The molecule has 0 aliphatic rings. The number of anilines is 2. The van der Waals surface area contributed by atoms with Crippen LogP contribution in [0.5, 0.6) is 0 Å². The molecule has 0 N–H and O–H groups in total. The van der Waals surface area contributed by atoms with E-state index in [0.717, 1.165) is 5.56 Å². The highest BCUT2D eigenvalue weighted by atomic mass is 16.6. The lowest BCUT2D eigenvalue weighted by atomic mass is 10.3. The van der Waals surface area contributed by atoms with Crippen molar-refractivity contribution in [2.45, 2.75) is 6.54 Å². The average Bonchev–Trinajstić information content (AvgIpc) is 2.47. The largest absolute Gasteiger partial charge is 0.350 e. The van der Waals surface area contributed by atoms with Crippen LogP contribution in [-0.4, -0.2) is 41.0 Å². The number of nitro groups is 1. The van der Waals surface area contributed by atoms with Gasteiger partial charge >= 0.3 is 5.69 Å². The van der Waals surface area contributed by atoms with Crippen molar-refractivity contribution >= 4 is 17.5 Å². The number of aromatic nitrogens is 3. The van der Waals surface area contributed by atoms with Crippen LogP contribution in [0.4, 0.5) is 17.5 Å². The van der Waals surface area contributed by atoms with Crippen LogP contribution in [-0.2, 0) is 6.54 Å². The van der Waals surface area contributed by atoms with Gasteiger partial charge in [-0.25, -0.2) is 15.0 Å². The Bertz CT molecular complexity index is 629. The van der Waals surface area contributed by atoms with Crippen LogP contribution in [0.2, 0.25) is 0 Å². The van der Waals surface area contributed by atoms with E-state index in [1.165, 1.54) is 12.3 Å². The molecule has 2 aromatic heterocycles.